The number of hydrogen-bond donors (Lipinski definition) is 1. The molecule has 0 rings (SSSR count). The van der Waals surface area contributed by atoms with Gasteiger partial charge in [0.05, 0.1) is 6.61 Å². The lowest BCUT2D eigenvalue weighted by atomic mass is 10.5. The van der Waals surface area contributed by atoms with Gasteiger partial charge in [0.1, 0.15) is 0 Å². The maximum Gasteiger partial charge on any atom is 0.441 e. The van der Waals surface area contributed by atoms with Gasteiger partial charge in [0.25, 0.3) is 0 Å². The molecule has 0 fully saturated rings. The summed E-state index contributed by atoms with van der Waals surface area (Å²) in [6, 6.07) is 0. The van der Waals surface area contributed by atoms with Crippen molar-refractivity contribution in [3.63, 3.8) is 0 Å². The minimum atomic E-state index is -4.13. The molecule has 0 unspecified atom stereocenters. The summed E-state index contributed by atoms with van der Waals surface area (Å²) in [7, 11) is 1.62. The van der Waals surface area contributed by atoms with E-state index in [0.29, 0.717) is 32.9 Å². The molecule has 0 heterocycles. The second-order valence-corrected chi connectivity index (χ2v) is 4.16. The van der Waals surface area contributed by atoms with Crippen LogP contribution in [0.5, 0.6) is 0 Å². The molecule has 7 heteroatoms. The highest BCUT2D eigenvalue weighted by Crippen LogP contribution is 2.29. The number of alkyl halides is 3. The van der Waals surface area contributed by atoms with Crippen molar-refractivity contribution in [2.24, 2.45) is 0 Å². The molecule has 0 aliphatic carbocycles. The van der Waals surface area contributed by atoms with Gasteiger partial charge in [-0.2, -0.15) is 13.2 Å². The molecule has 16 heavy (non-hydrogen) atoms. The Kier molecular flexibility index (Phi) is 10.2. The maximum absolute atomic E-state index is 11.7. The van der Waals surface area contributed by atoms with E-state index in [2.05, 4.69) is 5.32 Å². The Morgan fingerprint density at radius 2 is 1.88 bits per heavy atom. The zero-order valence-corrected chi connectivity index (χ0v) is 10.1. The van der Waals surface area contributed by atoms with Gasteiger partial charge in [0.2, 0.25) is 0 Å². The quantitative estimate of drug-likeness (QED) is 0.608. The summed E-state index contributed by atoms with van der Waals surface area (Å²) in [6.45, 7) is 2.71. The third kappa shape index (κ3) is 14.0. The van der Waals surface area contributed by atoms with Crippen LogP contribution in [0.15, 0.2) is 0 Å². The average Bonchev–Trinajstić information content (AvgIpc) is 2.19. The van der Waals surface area contributed by atoms with Crippen LogP contribution in [0.3, 0.4) is 0 Å². The van der Waals surface area contributed by atoms with Crippen LogP contribution in [0.2, 0.25) is 0 Å². The molecule has 1 N–H and O–H groups in total. The van der Waals surface area contributed by atoms with E-state index >= 15 is 0 Å². The SMILES string of the molecule is COCCCOCCNCCSC(F)(F)F. The van der Waals surface area contributed by atoms with E-state index in [1.54, 1.807) is 7.11 Å². The van der Waals surface area contributed by atoms with Gasteiger partial charge in [0.15, 0.2) is 0 Å². The molecule has 0 atom stereocenters. The van der Waals surface area contributed by atoms with Crippen molar-refractivity contribution in [1.29, 1.82) is 0 Å². The lowest BCUT2D eigenvalue weighted by Crippen LogP contribution is -2.23. The van der Waals surface area contributed by atoms with Crippen molar-refractivity contribution in [3.05, 3.63) is 0 Å². The van der Waals surface area contributed by atoms with Crippen molar-refractivity contribution in [2.45, 2.75) is 11.9 Å². The molecule has 0 spiro atoms. The maximum atomic E-state index is 11.7. The van der Waals surface area contributed by atoms with Gasteiger partial charge in [-0.3, -0.25) is 0 Å². The van der Waals surface area contributed by atoms with Crippen LogP contribution in [0, 0.1) is 0 Å². The largest absolute Gasteiger partial charge is 0.441 e. The van der Waals surface area contributed by atoms with Gasteiger partial charge < -0.3 is 14.8 Å². The topological polar surface area (TPSA) is 30.5 Å². The van der Waals surface area contributed by atoms with Crippen molar-refractivity contribution in [3.8, 4) is 0 Å². The standard InChI is InChI=1S/C9H18F3NO2S/c1-14-5-2-6-15-7-3-13-4-8-16-9(10,11)12/h13H,2-8H2,1H3. The van der Waals surface area contributed by atoms with Crippen LogP contribution in [0.25, 0.3) is 0 Å². The van der Waals surface area contributed by atoms with E-state index in [1.807, 2.05) is 0 Å². The van der Waals surface area contributed by atoms with E-state index in [9.17, 15) is 13.2 Å². The Balaban J connectivity index is 2.99. The summed E-state index contributed by atoms with van der Waals surface area (Å²) in [5.41, 5.74) is -4.13. The summed E-state index contributed by atoms with van der Waals surface area (Å²) in [6.07, 6.45) is 0.834. The number of halogens is 3. The Labute approximate surface area is 98.1 Å². The zero-order valence-electron chi connectivity index (χ0n) is 9.31. The number of methoxy groups -OCH3 is 1. The predicted molar refractivity (Wildman–Crippen MR) is 58.7 cm³/mol. The van der Waals surface area contributed by atoms with Gasteiger partial charge >= 0.3 is 5.51 Å². The molecule has 98 valence electrons. The lowest BCUT2D eigenvalue weighted by Gasteiger charge is -2.07. The first kappa shape index (κ1) is 16.0. The first-order chi connectivity index (χ1) is 7.56. The van der Waals surface area contributed by atoms with E-state index in [1.165, 1.54) is 0 Å². The second kappa shape index (κ2) is 10.2. The van der Waals surface area contributed by atoms with Crippen LogP contribution in [0.1, 0.15) is 6.42 Å². The summed E-state index contributed by atoms with van der Waals surface area (Å²) >= 11 is -0.0114. The van der Waals surface area contributed by atoms with E-state index in [-0.39, 0.29) is 17.5 Å². The molecule has 0 aliphatic rings. The fourth-order valence-electron chi connectivity index (χ4n) is 0.916. The molecular formula is C9H18F3NO2S. The van der Waals surface area contributed by atoms with Crippen LogP contribution >= 0.6 is 11.8 Å². The van der Waals surface area contributed by atoms with Crippen LogP contribution in [-0.2, 0) is 9.47 Å². The minimum absolute atomic E-state index is 0.0114. The highest BCUT2D eigenvalue weighted by molar-refractivity contribution is 8.00. The molecule has 3 nitrogen and oxygen atoms in total. The molecule has 0 aliphatic heterocycles. The molecule has 0 aromatic carbocycles. The van der Waals surface area contributed by atoms with Gasteiger partial charge in [-0.15, -0.1) is 0 Å². The van der Waals surface area contributed by atoms with E-state index in [4.69, 9.17) is 9.47 Å². The van der Waals surface area contributed by atoms with Crippen molar-refractivity contribution in [2.75, 3.05) is 45.8 Å². The fraction of sp³-hybridized carbons (Fsp3) is 1.00. The van der Waals surface area contributed by atoms with Crippen molar-refractivity contribution in [1.82, 2.24) is 5.32 Å². The Morgan fingerprint density at radius 1 is 1.12 bits per heavy atom. The molecule has 0 saturated carbocycles. The Hall–Kier alpha value is 0.0200. The van der Waals surface area contributed by atoms with E-state index in [0.717, 1.165) is 6.42 Å². The second-order valence-electron chi connectivity index (χ2n) is 3.00. The normalized spacial score (nSPS) is 12.0. The minimum Gasteiger partial charge on any atom is -0.385 e. The van der Waals surface area contributed by atoms with Gasteiger partial charge in [0, 0.05) is 39.2 Å². The number of nitrogens with one attached hydrogen (secondary N) is 1. The summed E-state index contributed by atoms with van der Waals surface area (Å²) < 4.78 is 45.1. The number of rotatable bonds is 10. The van der Waals surface area contributed by atoms with Crippen LogP contribution in [0.4, 0.5) is 13.2 Å². The number of hydrogen-bond acceptors (Lipinski definition) is 4. The number of thioether (sulfide) groups is 1. The van der Waals surface area contributed by atoms with Gasteiger partial charge in [-0.1, -0.05) is 0 Å². The highest BCUT2D eigenvalue weighted by atomic mass is 32.2. The summed E-state index contributed by atoms with van der Waals surface area (Å²) in [5, 5.41) is 2.87. The number of ether oxygens (including phenoxy) is 2. The predicted octanol–water partition coefficient (Wildman–Crippen LogP) is 1.88. The first-order valence-electron chi connectivity index (χ1n) is 5.04. The monoisotopic (exact) mass is 261 g/mol. The van der Waals surface area contributed by atoms with E-state index < -0.39 is 5.51 Å². The smallest absolute Gasteiger partial charge is 0.385 e. The zero-order chi connectivity index (χ0) is 12.3. The highest BCUT2D eigenvalue weighted by Gasteiger charge is 2.27. The fourth-order valence-corrected chi connectivity index (χ4v) is 1.39. The molecule has 0 bridgehead atoms. The first-order valence-corrected chi connectivity index (χ1v) is 6.03. The van der Waals surface area contributed by atoms with Crippen LogP contribution < -0.4 is 5.32 Å². The average molecular weight is 261 g/mol. The third-order valence-corrected chi connectivity index (χ3v) is 2.34. The summed E-state index contributed by atoms with van der Waals surface area (Å²) in [5.74, 6) is 0.0349. The van der Waals surface area contributed by atoms with Gasteiger partial charge in [-0.05, 0) is 18.2 Å². The Morgan fingerprint density at radius 3 is 2.50 bits per heavy atom. The lowest BCUT2D eigenvalue weighted by molar-refractivity contribution is -0.0327. The third-order valence-electron chi connectivity index (χ3n) is 1.60. The molecule has 0 amide bonds. The molecular weight excluding hydrogens is 243 g/mol. The molecule has 0 aromatic heterocycles. The van der Waals surface area contributed by atoms with Crippen molar-refractivity contribution < 1.29 is 22.6 Å². The molecule has 0 aromatic rings. The molecule has 0 radical (unpaired) electrons. The Bertz CT molecular complexity index is 158. The van der Waals surface area contributed by atoms with Crippen LogP contribution in [-0.4, -0.2) is 51.3 Å². The van der Waals surface area contributed by atoms with Gasteiger partial charge in [-0.25, -0.2) is 0 Å². The summed E-state index contributed by atoms with van der Waals surface area (Å²) in [4.78, 5) is 0. The van der Waals surface area contributed by atoms with Crippen molar-refractivity contribution >= 4 is 11.8 Å². The molecule has 0 saturated heterocycles.